The molecule has 0 saturated carbocycles. The molecule has 0 saturated heterocycles. The fourth-order valence-electron chi connectivity index (χ4n) is 0.903. The van der Waals surface area contributed by atoms with Gasteiger partial charge >= 0.3 is 0 Å². The number of nitrogens with one attached hydrogen (secondary N) is 1. The molecule has 0 aliphatic rings. The van der Waals surface area contributed by atoms with E-state index in [1.54, 1.807) is 0 Å². The minimum Gasteiger partial charge on any atom is -0.396 e. The first-order valence-corrected chi connectivity index (χ1v) is 5.43. The quantitative estimate of drug-likeness (QED) is 0.260. The molecule has 16 heavy (non-hydrogen) atoms. The molecule has 6 heteroatoms. The number of hydrogen-bond donors (Lipinski definition) is 3. The van der Waals surface area contributed by atoms with Gasteiger partial charge in [0.15, 0.2) is 5.96 Å². The molecule has 0 fully saturated rings. The number of nitrogens with two attached hydrogens (primary N) is 1. The third-order valence-corrected chi connectivity index (χ3v) is 1.86. The zero-order chi connectivity index (χ0) is 11.5. The molecule has 0 radical (unpaired) electrons. The van der Waals surface area contributed by atoms with E-state index in [1.165, 1.54) is 0 Å². The summed E-state index contributed by atoms with van der Waals surface area (Å²) in [4.78, 5) is 4.10. The van der Waals surface area contributed by atoms with Crippen LogP contribution in [0.25, 0.3) is 0 Å². The lowest BCUT2D eigenvalue weighted by Gasteiger charge is -2.07. The Labute approximate surface area is 115 Å². The van der Waals surface area contributed by atoms with Gasteiger partial charge in [-0.15, -0.1) is 24.0 Å². The second-order valence-electron chi connectivity index (χ2n) is 3.49. The third kappa shape index (κ3) is 12.0. The van der Waals surface area contributed by atoms with E-state index in [9.17, 15) is 0 Å². The van der Waals surface area contributed by atoms with E-state index in [0.717, 1.165) is 26.2 Å². The highest BCUT2D eigenvalue weighted by atomic mass is 127. The van der Waals surface area contributed by atoms with Crippen LogP contribution in [0.4, 0.5) is 0 Å². The van der Waals surface area contributed by atoms with Crippen molar-refractivity contribution >= 4 is 29.9 Å². The van der Waals surface area contributed by atoms with Crippen LogP contribution in [-0.4, -0.2) is 44.0 Å². The summed E-state index contributed by atoms with van der Waals surface area (Å²) >= 11 is 0. The van der Waals surface area contributed by atoms with Crippen molar-refractivity contribution in [1.29, 1.82) is 0 Å². The average molecular weight is 345 g/mol. The summed E-state index contributed by atoms with van der Waals surface area (Å²) in [6.45, 7) is 6.84. The Morgan fingerprint density at radius 1 is 1.56 bits per heavy atom. The number of aliphatic hydroxyl groups excluding tert-OH is 1. The fraction of sp³-hybridized carbons (Fsp3) is 0.900. The Bertz CT molecular complexity index is 179. The number of guanidine groups is 1. The normalized spacial score (nSPS) is 13.1. The van der Waals surface area contributed by atoms with Crippen LogP contribution in [0.3, 0.4) is 0 Å². The smallest absolute Gasteiger partial charge is 0.188 e. The average Bonchev–Trinajstić information content (AvgIpc) is 2.25. The fourth-order valence-corrected chi connectivity index (χ4v) is 0.903. The molecular formula is C10H24IN3O2. The lowest BCUT2D eigenvalue weighted by molar-refractivity contribution is 0.145. The number of rotatable bonds is 8. The summed E-state index contributed by atoms with van der Waals surface area (Å²) < 4.78 is 5.18. The van der Waals surface area contributed by atoms with Gasteiger partial charge in [-0.1, -0.05) is 6.92 Å². The van der Waals surface area contributed by atoms with Crippen molar-refractivity contribution in [3.8, 4) is 0 Å². The van der Waals surface area contributed by atoms with Crippen LogP contribution >= 0.6 is 24.0 Å². The third-order valence-electron chi connectivity index (χ3n) is 1.86. The van der Waals surface area contributed by atoms with Gasteiger partial charge in [-0.2, -0.15) is 0 Å². The summed E-state index contributed by atoms with van der Waals surface area (Å²) in [6.07, 6.45) is 0.916. The minimum atomic E-state index is 0. The van der Waals surface area contributed by atoms with Crippen LogP contribution < -0.4 is 11.1 Å². The molecule has 0 spiro atoms. The van der Waals surface area contributed by atoms with Gasteiger partial charge in [0.2, 0.25) is 0 Å². The topological polar surface area (TPSA) is 79.9 Å². The standard InChI is InChI=1S/C10H23N3O2.HI/c1-3-15-6-4-5-12-10(11)13-7-9(2)8-14;/h9,14H,3-8H2,1-2H3,(H3,11,12,13);1H. The molecule has 5 nitrogen and oxygen atoms in total. The molecule has 0 bridgehead atoms. The van der Waals surface area contributed by atoms with Crippen molar-refractivity contribution in [1.82, 2.24) is 5.32 Å². The van der Waals surface area contributed by atoms with Crippen LogP contribution in [0.2, 0.25) is 0 Å². The highest BCUT2D eigenvalue weighted by Crippen LogP contribution is 1.91. The summed E-state index contributed by atoms with van der Waals surface area (Å²) in [5.74, 6) is 0.598. The SMILES string of the molecule is CCOCCCNC(N)=NCC(C)CO.I. The maximum Gasteiger partial charge on any atom is 0.188 e. The zero-order valence-electron chi connectivity index (χ0n) is 10.1. The maximum atomic E-state index is 8.77. The highest BCUT2D eigenvalue weighted by molar-refractivity contribution is 14.0. The van der Waals surface area contributed by atoms with E-state index in [2.05, 4.69) is 10.3 Å². The molecule has 1 unspecified atom stereocenters. The Hall–Kier alpha value is -0.0800. The largest absolute Gasteiger partial charge is 0.396 e. The Balaban J connectivity index is 0. The van der Waals surface area contributed by atoms with Crippen LogP contribution in [0.1, 0.15) is 20.3 Å². The number of nitrogens with zero attached hydrogens (tertiary/aromatic N) is 1. The maximum absolute atomic E-state index is 8.77. The second kappa shape index (κ2) is 13.0. The van der Waals surface area contributed by atoms with Crippen LogP contribution in [0, 0.1) is 5.92 Å². The van der Waals surface area contributed by atoms with E-state index >= 15 is 0 Å². The van der Waals surface area contributed by atoms with Gasteiger partial charge in [0.05, 0.1) is 0 Å². The van der Waals surface area contributed by atoms with Crippen molar-refractivity contribution in [2.24, 2.45) is 16.6 Å². The summed E-state index contributed by atoms with van der Waals surface area (Å²) in [5.41, 5.74) is 5.61. The highest BCUT2D eigenvalue weighted by Gasteiger charge is 1.98. The van der Waals surface area contributed by atoms with Gasteiger partial charge in [-0.25, -0.2) is 0 Å². The van der Waals surface area contributed by atoms with Crippen molar-refractivity contribution in [3.63, 3.8) is 0 Å². The molecule has 0 heterocycles. The predicted molar refractivity (Wildman–Crippen MR) is 77.3 cm³/mol. The molecule has 0 aliphatic heterocycles. The van der Waals surface area contributed by atoms with Crippen LogP contribution in [0.15, 0.2) is 4.99 Å². The van der Waals surface area contributed by atoms with Gasteiger partial charge in [0.1, 0.15) is 0 Å². The molecule has 98 valence electrons. The number of halogens is 1. The van der Waals surface area contributed by atoms with Gasteiger partial charge < -0.3 is 20.9 Å². The second-order valence-corrected chi connectivity index (χ2v) is 3.49. The number of hydrogen-bond acceptors (Lipinski definition) is 3. The van der Waals surface area contributed by atoms with Crippen molar-refractivity contribution < 1.29 is 9.84 Å². The monoisotopic (exact) mass is 345 g/mol. The van der Waals surface area contributed by atoms with Gasteiger partial charge in [-0.3, -0.25) is 4.99 Å². The molecule has 0 aromatic heterocycles. The molecule has 0 aromatic carbocycles. The lowest BCUT2D eigenvalue weighted by atomic mass is 10.2. The molecule has 1 atom stereocenters. The molecule has 0 aliphatic carbocycles. The first kappa shape index (κ1) is 18.3. The first-order chi connectivity index (χ1) is 7.20. The summed E-state index contributed by atoms with van der Waals surface area (Å²) in [6, 6.07) is 0. The molecule has 0 rings (SSSR count). The summed E-state index contributed by atoms with van der Waals surface area (Å²) in [7, 11) is 0. The van der Waals surface area contributed by atoms with Crippen molar-refractivity contribution in [2.75, 3.05) is 32.9 Å². The molecule has 0 amide bonds. The number of aliphatic hydroxyl groups is 1. The molecule has 4 N–H and O–H groups in total. The van der Waals surface area contributed by atoms with E-state index in [-0.39, 0.29) is 36.5 Å². The Morgan fingerprint density at radius 2 is 2.25 bits per heavy atom. The van der Waals surface area contributed by atoms with Crippen LogP contribution in [0.5, 0.6) is 0 Å². The van der Waals surface area contributed by atoms with Gasteiger partial charge in [0.25, 0.3) is 0 Å². The Morgan fingerprint density at radius 3 is 2.81 bits per heavy atom. The van der Waals surface area contributed by atoms with Gasteiger partial charge in [0, 0.05) is 32.9 Å². The molecule has 0 aromatic rings. The van der Waals surface area contributed by atoms with E-state index in [0.29, 0.717) is 12.5 Å². The van der Waals surface area contributed by atoms with E-state index < -0.39 is 0 Å². The van der Waals surface area contributed by atoms with E-state index in [1.807, 2.05) is 13.8 Å². The number of aliphatic imine (C=N–C) groups is 1. The first-order valence-electron chi connectivity index (χ1n) is 5.43. The van der Waals surface area contributed by atoms with Crippen molar-refractivity contribution in [2.45, 2.75) is 20.3 Å². The zero-order valence-corrected chi connectivity index (χ0v) is 12.4. The molecular weight excluding hydrogens is 321 g/mol. The van der Waals surface area contributed by atoms with Crippen molar-refractivity contribution in [3.05, 3.63) is 0 Å². The van der Waals surface area contributed by atoms with Crippen LogP contribution in [-0.2, 0) is 4.74 Å². The summed E-state index contributed by atoms with van der Waals surface area (Å²) in [5, 5.41) is 11.8. The lowest BCUT2D eigenvalue weighted by Crippen LogP contribution is -2.33. The predicted octanol–water partition coefficient (Wildman–Crippen LogP) is 0.564. The van der Waals surface area contributed by atoms with E-state index in [4.69, 9.17) is 15.6 Å². The number of ether oxygens (including phenoxy) is 1. The minimum absolute atomic E-state index is 0. The Kier molecular flexibility index (Phi) is 14.8. The van der Waals surface area contributed by atoms with Gasteiger partial charge in [-0.05, 0) is 19.3 Å².